The maximum atomic E-state index is 4.50. The lowest BCUT2D eigenvalue weighted by Crippen LogP contribution is -1.82. The molecule has 0 spiro atoms. The predicted molar refractivity (Wildman–Crippen MR) is 111 cm³/mol. The second kappa shape index (κ2) is 43.1. The molecule has 0 aliphatic carbocycles. The molecule has 0 aromatic heterocycles. The van der Waals surface area contributed by atoms with Crippen molar-refractivity contribution in [3.63, 3.8) is 0 Å². The Balaban J connectivity index is -0.000000267. The molecule has 0 aromatic carbocycles. The second-order valence-electron chi connectivity index (χ2n) is 5.45. The Morgan fingerprint density at radius 1 is 0.435 bits per heavy atom. The molecule has 0 rings (SSSR count). The Hall–Kier alpha value is -0.120. The highest BCUT2D eigenvalue weighted by atomic mass is 14.4. The molecule has 0 heterocycles. The molecule has 0 saturated heterocycles. The summed E-state index contributed by atoms with van der Waals surface area (Å²) in [6.45, 7) is 6.17. The number of hydrogen-bond acceptors (Lipinski definition) is 3. The maximum Gasteiger partial charge on any atom is -0.0195 e. The molecule has 0 atom stereocenters. The van der Waals surface area contributed by atoms with Crippen molar-refractivity contribution in [1.82, 2.24) is 0 Å². The van der Waals surface area contributed by atoms with Gasteiger partial charge in [-0.1, -0.05) is 110 Å². The molecule has 6 N–H and O–H groups in total. The van der Waals surface area contributed by atoms with Crippen LogP contribution >= 0.6 is 0 Å². The first-order valence-corrected chi connectivity index (χ1v) is 9.94. The van der Waals surface area contributed by atoms with E-state index in [2.05, 4.69) is 31.0 Å². The second-order valence-corrected chi connectivity index (χ2v) is 5.45. The summed E-state index contributed by atoms with van der Waals surface area (Å²) in [5.74, 6) is 0. The van der Waals surface area contributed by atoms with Crippen molar-refractivity contribution in [1.29, 1.82) is 0 Å². The van der Waals surface area contributed by atoms with Crippen molar-refractivity contribution in [2.24, 2.45) is 17.2 Å². The zero-order valence-corrected chi connectivity index (χ0v) is 17.0. The number of hydrogen-bond donors (Lipinski definition) is 3. The highest BCUT2D eigenvalue weighted by Crippen LogP contribution is 2.13. The van der Waals surface area contributed by atoms with Gasteiger partial charge in [0.05, 0.1) is 0 Å². The van der Waals surface area contributed by atoms with Gasteiger partial charge < -0.3 is 17.2 Å². The molecular formula is C20H50N3. The maximum absolute atomic E-state index is 4.50. The van der Waals surface area contributed by atoms with Gasteiger partial charge in [-0.15, -0.1) is 0 Å². The van der Waals surface area contributed by atoms with Crippen molar-refractivity contribution >= 4 is 0 Å². The van der Waals surface area contributed by atoms with E-state index in [0.717, 1.165) is 6.42 Å². The lowest BCUT2D eigenvalue weighted by Gasteiger charge is -2.02. The molecule has 145 valence electrons. The summed E-state index contributed by atoms with van der Waals surface area (Å²) >= 11 is 0. The topological polar surface area (TPSA) is 78.1 Å². The van der Waals surface area contributed by atoms with Gasteiger partial charge in [-0.05, 0) is 21.1 Å². The summed E-state index contributed by atoms with van der Waals surface area (Å²) in [6.07, 6.45) is 21.3. The number of rotatable bonds is 14. The largest absolute Gasteiger partial charge is 0.333 e. The van der Waals surface area contributed by atoms with Crippen molar-refractivity contribution < 1.29 is 0 Å². The average Bonchev–Trinajstić information content (AvgIpc) is 2.64. The SMILES string of the molecule is CN.CN.CN.[CH2]CCCCCCCCCCCCCCCC. The number of unbranched alkanes of at least 4 members (excludes halogenated alkanes) is 14. The minimum Gasteiger partial charge on any atom is -0.333 e. The van der Waals surface area contributed by atoms with Crippen LogP contribution in [0, 0.1) is 6.92 Å². The van der Waals surface area contributed by atoms with Crippen LogP contribution in [0.15, 0.2) is 0 Å². The van der Waals surface area contributed by atoms with Gasteiger partial charge in [-0.25, -0.2) is 0 Å². The van der Waals surface area contributed by atoms with Crippen LogP contribution < -0.4 is 17.2 Å². The first-order valence-electron chi connectivity index (χ1n) is 9.94. The monoisotopic (exact) mass is 332 g/mol. The summed E-state index contributed by atoms with van der Waals surface area (Å²) in [5, 5.41) is 0. The molecule has 3 heteroatoms. The van der Waals surface area contributed by atoms with Crippen LogP contribution in [0.1, 0.15) is 103 Å². The van der Waals surface area contributed by atoms with Crippen LogP contribution in [0.2, 0.25) is 0 Å². The Kier molecular flexibility index (Phi) is 57.6. The smallest absolute Gasteiger partial charge is 0.0195 e. The fourth-order valence-electron chi connectivity index (χ4n) is 2.37. The first kappa shape index (κ1) is 30.7. The molecule has 0 amide bonds. The Bertz CT molecular complexity index is 116. The van der Waals surface area contributed by atoms with E-state index in [4.69, 9.17) is 0 Å². The van der Waals surface area contributed by atoms with E-state index >= 15 is 0 Å². The molecule has 0 aromatic rings. The Morgan fingerprint density at radius 2 is 0.652 bits per heavy atom. The molecule has 0 bridgehead atoms. The van der Waals surface area contributed by atoms with Crippen molar-refractivity contribution in [2.45, 2.75) is 103 Å². The summed E-state index contributed by atoms with van der Waals surface area (Å²) < 4.78 is 0. The molecule has 0 saturated carbocycles. The zero-order chi connectivity index (χ0) is 18.6. The van der Waals surface area contributed by atoms with Crippen LogP contribution in [-0.4, -0.2) is 21.1 Å². The standard InChI is InChI=1S/C17H35.3CH5N/c1-3-5-7-9-11-13-15-17-16-14-12-10-8-6-4-2;3*1-2/h1,3-17H2,2H3;3*2H2,1H3. The third-order valence-electron chi connectivity index (χ3n) is 3.60. The average molecular weight is 333 g/mol. The summed E-state index contributed by atoms with van der Waals surface area (Å²) in [4.78, 5) is 0. The lowest BCUT2D eigenvalue weighted by atomic mass is 10.0. The fourth-order valence-corrected chi connectivity index (χ4v) is 2.37. The minimum absolute atomic E-state index is 1.12. The quantitative estimate of drug-likeness (QED) is 0.372. The fraction of sp³-hybridized carbons (Fsp3) is 0.950. The number of nitrogens with two attached hydrogens (primary N) is 3. The van der Waals surface area contributed by atoms with Crippen molar-refractivity contribution in [3.8, 4) is 0 Å². The normalized spacial score (nSPS) is 8.87. The van der Waals surface area contributed by atoms with Gasteiger partial charge in [0.25, 0.3) is 0 Å². The zero-order valence-electron chi connectivity index (χ0n) is 17.0. The van der Waals surface area contributed by atoms with Crippen molar-refractivity contribution in [2.75, 3.05) is 21.1 Å². The Labute approximate surface area is 149 Å². The molecule has 23 heavy (non-hydrogen) atoms. The molecule has 0 aliphatic rings. The molecular weight excluding hydrogens is 282 g/mol. The highest BCUT2D eigenvalue weighted by Gasteiger charge is 1.93. The third kappa shape index (κ3) is 44.9. The Morgan fingerprint density at radius 3 is 0.870 bits per heavy atom. The lowest BCUT2D eigenvalue weighted by molar-refractivity contribution is 0.536. The first-order chi connectivity index (χ1) is 11.4. The van der Waals surface area contributed by atoms with E-state index in [1.807, 2.05) is 0 Å². The van der Waals surface area contributed by atoms with Crippen LogP contribution in [-0.2, 0) is 0 Å². The van der Waals surface area contributed by atoms with Gasteiger partial charge in [0.1, 0.15) is 0 Å². The van der Waals surface area contributed by atoms with Crippen LogP contribution in [0.25, 0.3) is 0 Å². The predicted octanol–water partition coefficient (Wildman–Crippen LogP) is 5.42. The van der Waals surface area contributed by atoms with Crippen LogP contribution in [0.3, 0.4) is 0 Å². The van der Waals surface area contributed by atoms with E-state index in [-0.39, 0.29) is 0 Å². The summed E-state index contributed by atoms with van der Waals surface area (Å²) in [6, 6.07) is 0. The molecule has 0 unspecified atom stereocenters. The summed E-state index contributed by atoms with van der Waals surface area (Å²) in [5.41, 5.74) is 13.5. The molecule has 0 fully saturated rings. The van der Waals surface area contributed by atoms with Crippen LogP contribution in [0.5, 0.6) is 0 Å². The molecule has 3 nitrogen and oxygen atoms in total. The van der Waals surface area contributed by atoms with E-state index in [9.17, 15) is 0 Å². The van der Waals surface area contributed by atoms with Gasteiger partial charge in [0.2, 0.25) is 0 Å². The van der Waals surface area contributed by atoms with Gasteiger partial charge in [0, 0.05) is 0 Å². The van der Waals surface area contributed by atoms with E-state index in [0.29, 0.717) is 0 Å². The third-order valence-corrected chi connectivity index (χ3v) is 3.60. The minimum atomic E-state index is 1.12. The highest BCUT2D eigenvalue weighted by molar-refractivity contribution is 4.49. The van der Waals surface area contributed by atoms with Gasteiger partial charge in [-0.3, -0.25) is 0 Å². The van der Waals surface area contributed by atoms with E-state index in [1.54, 1.807) is 0 Å². The molecule has 0 aliphatic heterocycles. The van der Waals surface area contributed by atoms with E-state index in [1.165, 1.54) is 111 Å². The molecule has 1 radical (unpaired) electrons. The van der Waals surface area contributed by atoms with Gasteiger partial charge >= 0.3 is 0 Å². The summed E-state index contributed by atoms with van der Waals surface area (Å²) in [7, 11) is 4.50. The van der Waals surface area contributed by atoms with E-state index < -0.39 is 0 Å². The van der Waals surface area contributed by atoms with Gasteiger partial charge in [-0.2, -0.15) is 0 Å². The van der Waals surface area contributed by atoms with Crippen LogP contribution in [0.4, 0.5) is 0 Å². The van der Waals surface area contributed by atoms with Gasteiger partial charge in [0.15, 0.2) is 0 Å². The van der Waals surface area contributed by atoms with Crippen molar-refractivity contribution in [3.05, 3.63) is 6.92 Å².